The first-order chi connectivity index (χ1) is 22.7. The largest absolute Gasteiger partial charge is 0.494 e. The van der Waals surface area contributed by atoms with Crippen LogP contribution in [0, 0.1) is 23.7 Å². The van der Waals surface area contributed by atoms with Gasteiger partial charge in [0.1, 0.15) is 17.2 Å². The standard InChI is InChI=1S/C42H58O5/c1-7-9-10-11-12-13-26-45-38-20-18-36(19-21-38)35-14-16-37(17-15-35)42(44)47-40-24-22-39(23-25-40)46-41(43)30-34(6)29-33(5)28-32(4)27-31(3)8-2/h14-25,31-34H,7-13,26-30H2,1-6H3/t31-,32-,33-,34+/m1/s1. The van der Waals surface area contributed by atoms with Gasteiger partial charge in [-0.25, -0.2) is 4.79 Å². The molecule has 5 heteroatoms. The van der Waals surface area contributed by atoms with Gasteiger partial charge in [-0.15, -0.1) is 0 Å². The fourth-order valence-electron chi connectivity index (χ4n) is 6.32. The molecule has 0 spiro atoms. The molecule has 0 saturated carbocycles. The van der Waals surface area contributed by atoms with Gasteiger partial charge in [-0.3, -0.25) is 4.79 Å². The van der Waals surface area contributed by atoms with Crippen molar-refractivity contribution in [2.24, 2.45) is 23.7 Å². The molecular formula is C42H58O5. The smallest absolute Gasteiger partial charge is 0.343 e. The molecule has 0 fully saturated rings. The Balaban J connectivity index is 1.40. The minimum atomic E-state index is -0.443. The zero-order chi connectivity index (χ0) is 34.0. The van der Waals surface area contributed by atoms with Gasteiger partial charge in [0.05, 0.1) is 12.2 Å². The molecule has 0 aliphatic heterocycles. The van der Waals surface area contributed by atoms with Crippen LogP contribution < -0.4 is 14.2 Å². The number of rotatable bonds is 21. The van der Waals surface area contributed by atoms with Crippen molar-refractivity contribution in [1.82, 2.24) is 0 Å². The Hall–Kier alpha value is -3.60. The van der Waals surface area contributed by atoms with Crippen LogP contribution in [0.3, 0.4) is 0 Å². The summed E-state index contributed by atoms with van der Waals surface area (Å²) >= 11 is 0. The van der Waals surface area contributed by atoms with Crippen molar-refractivity contribution in [2.75, 3.05) is 6.61 Å². The number of ether oxygens (including phenoxy) is 3. The molecule has 5 nitrogen and oxygen atoms in total. The Morgan fingerprint density at radius 2 is 1.04 bits per heavy atom. The Morgan fingerprint density at radius 1 is 0.553 bits per heavy atom. The van der Waals surface area contributed by atoms with Crippen LogP contribution in [0.4, 0.5) is 0 Å². The summed E-state index contributed by atoms with van der Waals surface area (Å²) in [6.45, 7) is 14.3. The minimum absolute atomic E-state index is 0.238. The van der Waals surface area contributed by atoms with E-state index in [1.807, 2.05) is 36.4 Å². The van der Waals surface area contributed by atoms with Crippen LogP contribution >= 0.6 is 0 Å². The van der Waals surface area contributed by atoms with Crippen LogP contribution in [0.25, 0.3) is 11.1 Å². The molecule has 3 aromatic rings. The predicted octanol–water partition coefficient (Wildman–Crippen LogP) is 11.7. The molecule has 0 saturated heterocycles. The molecule has 0 unspecified atom stereocenters. The molecule has 0 aliphatic carbocycles. The van der Waals surface area contributed by atoms with Gasteiger partial charge in [0.15, 0.2) is 0 Å². The highest BCUT2D eigenvalue weighted by Gasteiger charge is 2.18. The van der Waals surface area contributed by atoms with Gasteiger partial charge in [0.2, 0.25) is 0 Å². The molecule has 47 heavy (non-hydrogen) atoms. The normalized spacial score (nSPS) is 13.7. The van der Waals surface area contributed by atoms with Crippen molar-refractivity contribution in [3.8, 4) is 28.4 Å². The number of carbonyl (C=O) groups is 2. The summed E-state index contributed by atoms with van der Waals surface area (Å²) in [6, 6.07) is 22.1. The van der Waals surface area contributed by atoms with Crippen molar-refractivity contribution in [3.63, 3.8) is 0 Å². The Labute approximate surface area is 284 Å². The first-order valence-corrected chi connectivity index (χ1v) is 18.0. The lowest BCUT2D eigenvalue weighted by Gasteiger charge is -2.22. The number of benzene rings is 3. The molecule has 0 radical (unpaired) electrons. The van der Waals surface area contributed by atoms with E-state index in [0.717, 1.165) is 42.2 Å². The van der Waals surface area contributed by atoms with Gasteiger partial charge in [0.25, 0.3) is 0 Å². The van der Waals surface area contributed by atoms with Crippen molar-refractivity contribution in [3.05, 3.63) is 78.4 Å². The summed E-state index contributed by atoms with van der Waals surface area (Å²) in [5, 5.41) is 0. The highest BCUT2D eigenvalue weighted by Crippen LogP contribution is 2.27. The number of unbranched alkanes of at least 4 members (excludes halogenated alkanes) is 5. The van der Waals surface area contributed by atoms with Crippen LogP contribution in [0.5, 0.6) is 17.2 Å². The summed E-state index contributed by atoms with van der Waals surface area (Å²) in [5.41, 5.74) is 2.52. The average molecular weight is 643 g/mol. The highest BCUT2D eigenvalue weighted by atomic mass is 16.5. The lowest BCUT2D eigenvalue weighted by Crippen LogP contribution is -2.15. The number of carbonyl (C=O) groups excluding carboxylic acids is 2. The lowest BCUT2D eigenvalue weighted by molar-refractivity contribution is -0.135. The van der Waals surface area contributed by atoms with E-state index < -0.39 is 5.97 Å². The number of hydrogen-bond donors (Lipinski definition) is 0. The van der Waals surface area contributed by atoms with Crippen molar-refractivity contribution >= 4 is 11.9 Å². The maximum Gasteiger partial charge on any atom is 0.343 e. The molecule has 256 valence electrons. The number of esters is 2. The maximum atomic E-state index is 12.8. The Morgan fingerprint density at radius 3 is 1.64 bits per heavy atom. The van der Waals surface area contributed by atoms with Crippen LogP contribution in [-0.2, 0) is 4.79 Å². The molecule has 0 aromatic heterocycles. The fraction of sp³-hybridized carbons (Fsp3) is 0.524. The van der Waals surface area contributed by atoms with E-state index in [1.165, 1.54) is 51.4 Å². The molecular weight excluding hydrogens is 584 g/mol. The second-order valence-electron chi connectivity index (χ2n) is 13.8. The Bertz CT molecular complexity index is 1310. The van der Waals surface area contributed by atoms with E-state index in [1.54, 1.807) is 36.4 Å². The van der Waals surface area contributed by atoms with Crippen molar-refractivity contribution in [2.45, 2.75) is 112 Å². The minimum Gasteiger partial charge on any atom is -0.494 e. The third-order valence-corrected chi connectivity index (χ3v) is 8.97. The molecule has 4 atom stereocenters. The molecule has 0 heterocycles. The number of hydrogen-bond acceptors (Lipinski definition) is 5. The lowest BCUT2D eigenvalue weighted by atomic mass is 9.84. The van der Waals surface area contributed by atoms with Gasteiger partial charge in [-0.1, -0.05) is 104 Å². The van der Waals surface area contributed by atoms with E-state index >= 15 is 0 Å². The van der Waals surface area contributed by atoms with Gasteiger partial charge in [0, 0.05) is 6.42 Å². The summed E-state index contributed by atoms with van der Waals surface area (Å²) in [6.07, 6.45) is 12.5. The SMILES string of the molecule is CCCCCCCCOc1ccc(-c2ccc(C(=O)Oc3ccc(OC(=O)C[C@@H](C)C[C@H](C)C[C@H](C)C[C@H](C)CC)cc3)cc2)cc1. The average Bonchev–Trinajstić information content (AvgIpc) is 3.05. The topological polar surface area (TPSA) is 61.8 Å². The monoisotopic (exact) mass is 642 g/mol. The van der Waals surface area contributed by atoms with Gasteiger partial charge in [-0.05, 0) is 109 Å². The van der Waals surface area contributed by atoms with Gasteiger partial charge < -0.3 is 14.2 Å². The van der Waals surface area contributed by atoms with E-state index in [0.29, 0.717) is 35.3 Å². The molecule has 0 bridgehead atoms. The summed E-state index contributed by atoms with van der Waals surface area (Å²) in [4.78, 5) is 25.4. The maximum absolute atomic E-state index is 12.8. The zero-order valence-corrected chi connectivity index (χ0v) is 29.8. The molecule has 3 rings (SSSR count). The second-order valence-corrected chi connectivity index (χ2v) is 13.8. The highest BCUT2D eigenvalue weighted by molar-refractivity contribution is 5.91. The van der Waals surface area contributed by atoms with Gasteiger partial charge in [-0.2, -0.15) is 0 Å². The van der Waals surface area contributed by atoms with E-state index in [9.17, 15) is 9.59 Å². The fourth-order valence-corrected chi connectivity index (χ4v) is 6.32. The second kappa shape index (κ2) is 20.6. The Kier molecular flexibility index (Phi) is 16.6. The molecule has 0 aliphatic rings. The van der Waals surface area contributed by atoms with Crippen LogP contribution in [0.1, 0.15) is 123 Å². The van der Waals surface area contributed by atoms with Gasteiger partial charge >= 0.3 is 11.9 Å². The first kappa shape index (κ1) is 37.9. The van der Waals surface area contributed by atoms with E-state index in [2.05, 4.69) is 41.5 Å². The van der Waals surface area contributed by atoms with E-state index in [-0.39, 0.29) is 11.9 Å². The first-order valence-electron chi connectivity index (χ1n) is 18.0. The molecule has 0 amide bonds. The third kappa shape index (κ3) is 14.4. The van der Waals surface area contributed by atoms with E-state index in [4.69, 9.17) is 14.2 Å². The van der Waals surface area contributed by atoms with Crippen molar-refractivity contribution in [1.29, 1.82) is 0 Å². The van der Waals surface area contributed by atoms with Crippen LogP contribution in [-0.4, -0.2) is 18.5 Å². The molecule has 3 aromatic carbocycles. The zero-order valence-electron chi connectivity index (χ0n) is 29.8. The van der Waals surface area contributed by atoms with Crippen LogP contribution in [0.15, 0.2) is 72.8 Å². The summed E-state index contributed by atoms with van der Waals surface area (Å²) in [7, 11) is 0. The third-order valence-electron chi connectivity index (χ3n) is 8.97. The summed E-state index contributed by atoms with van der Waals surface area (Å²) < 4.78 is 17.0. The quantitative estimate of drug-likeness (QED) is 0.0657. The van der Waals surface area contributed by atoms with Crippen molar-refractivity contribution < 1.29 is 23.8 Å². The molecule has 0 N–H and O–H groups in total. The predicted molar refractivity (Wildman–Crippen MR) is 193 cm³/mol. The summed E-state index contributed by atoms with van der Waals surface area (Å²) in [5.74, 6) is 3.33. The van der Waals surface area contributed by atoms with Crippen LogP contribution in [0.2, 0.25) is 0 Å².